The van der Waals surface area contributed by atoms with Gasteiger partial charge in [0, 0.05) is 17.7 Å². The maximum Gasteiger partial charge on any atom is 0.387 e. The summed E-state index contributed by atoms with van der Waals surface area (Å²) in [5.74, 6) is -0.361. The fourth-order valence-corrected chi connectivity index (χ4v) is 1.42. The Labute approximate surface area is 119 Å². The van der Waals surface area contributed by atoms with Crippen LogP contribution in [0, 0.1) is 10.1 Å². The third-order valence-corrected chi connectivity index (χ3v) is 2.13. The third-order valence-electron chi connectivity index (χ3n) is 2.13. The summed E-state index contributed by atoms with van der Waals surface area (Å²) in [5, 5.41) is 15.5. The highest BCUT2D eigenvalue weighted by Crippen LogP contribution is 2.30. The van der Waals surface area contributed by atoms with Crippen LogP contribution in [0.25, 0.3) is 0 Å². The van der Waals surface area contributed by atoms with Crippen molar-refractivity contribution in [2.45, 2.75) is 32.9 Å². The van der Waals surface area contributed by atoms with Gasteiger partial charge in [-0.2, -0.15) is 8.78 Å². The highest BCUT2D eigenvalue weighted by atomic mass is 19.3. The van der Waals surface area contributed by atoms with Crippen LogP contribution in [0.2, 0.25) is 0 Å². The Morgan fingerprint density at radius 3 is 2.48 bits per heavy atom. The van der Waals surface area contributed by atoms with Gasteiger partial charge in [-0.05, 0) is 26.8 Å². The summed E-state index contributed by atoms with van der Waals surface area (Å²) in [5.41, 5.74) is -1.14. The summed E-state index contributed by atoms with van der Waals surface area (Å²) in [6.07, 6.45) is 0. The number of hydrogen-bond donors (Lipinski definition) is 2. The number of nitro groups is 1. The molecule has 0 unspecified atom stereocenters. The van der Waals surface area contributed by atoms with Crippen LogP contribution in [0.1, 0.15) is 20.8 Å². The lowest BCUT2D eigenvalue weighted by Crippen LogP contribution is -2.43. The first kappa shape index (κ1) is 16.6. The maximum absolute atomic E-state index is 12.3. The van der Waals surface area contributed by atoms with Gasteiger partial charge in [0.1, 0.15) is 5.75 Å². The van der Waals surface area contributed by atoms with E-state index in [0.29, 0.717) is 0 Å². The van der Waals surface area contributed by atoms with E-state index >= 15 is 0 Å². The summed E-state index contributed by atoms with van der Waals surface area (Å²) in [7, 11) is 0. The van der Waals surface area contributed by atoms with Crippen molar-refractivity contribution >= 4 is 17.4 Å². The first-order chi connectivity index (χ1) is 9.58. The Kier molecular flexibility index (Phi) is 5.01. The first-order valence-corrected chi connectivity index (χ1v) is 5.91. The maximum atomic E-state index is 12.3. The number of non-ortho nitro benzene ring substituents is 1. The molecular weight excluding hydrogens is 288 g/mol. The molecule has 21 heavy (non-hydrogen) atoms. The molecule has 0 aromatic heterocycles. The average Bonchev–Trinajstić information content (AvgIpc) is 2.27. The van der Waals surface area contributed by atoms with Crippen LogP contribution in [0.15, 0.2) is 18.2 Å². The topological polar surface area (TPSA) is 93.5 Å². The van der Waals surface area contributed by atoms with Gasteiger partial charge in [0.2, 0.25) is 0 Å². The smallest absolute Gasteiger partial charge is 0.387 e. The number of amides is 2. The molecule has 2 N–H and O–H groups in total. The zero-order valence-electron chi connectivity index (χ0n) is 11.6. The number of urea groups is 1. The minimum atomic E-state index is -3.11. The van der Waals surface area contributed by atoms with E-state index in [1.807, 2.05) is 0 Å². The van der Waals surface area contributed by atoms with Crippen molar-refractivity contribution in [2.24, 2.45) is 0 Å². The second-order valence-corrected chi connectivity index (χ2v) is 5.15. The Bertz CT molecular complexity index is 544. The van der Waals surface area contributed by atoms with Crippen LogP contribution in [0.5, 0.6) is 5.75 Å². The quantitative estimate of drug-likeness (QED) is 0.660. The summed E-state index contributed by atoms with van der Waals surface area (Å²) in [6, 6.07) is 2.25. The molecule has 0 aliphatic heterocycles. The first-order valence-electron chi connectivity index (χ1n) is 5.91. The number of nitrogens with zero attached hydrogens (tertiary/aromatic N) is 1. The minimum Gasteiger partial charge on any atom is -0.433 e. The Morgan fingerprint density at radius 2 is 2.00 bits per heavy atom. The van der Waals surface area contributed by atoms with Gasteiger partial charge >= 0.3 is 12.6 Å². The number of benzene rings is 1. The molecule has 116 valence electrons. The lowest BCUT2D eigenvalue weighted by Gasteiger charge is -2.21. The molecule has 0 fully saturated rings. The van der Waals surface area contributed by atoms with Gasteiger partial charge in [-0.25, -0.2) is 4.79 Å². The number of carbonyl (C=O) groups is 1. The number of ether oxygens (including phenoxy) is 1. The Balaban J connectivity index is 3.02. The number of hydrogen-bond acceptors (Lipinski definition) is 4. The van der Waals surface area contributed by atoms with E-state index in [1.165, 1.54) is 0 Å². The zero-order chi connectivity index (χ0) is 16.2. The van der Waals surface area contributed by atoms with Crippen molar-refractivity contribution < 1.29 is 23.2 Å². The summed E-state index contributed by atoms with van der Waals surface area (Å²) >= 11 is 0. The molecular formula is C12H15F2N3O4. The van der Waals surface area contributed by atoms with Crippen molar-refractivity contribution in [3.05, 3.63) is 28.3 Å². The zero-order valence-corrected chi connectivity index (χ0v) is 11.6. The van der Waals surface area contributed by atoms with E-state index in [-0.39, 0.29) is 17.1 Å². The van der Waals surface area contributed by atoms with Crippen LogP contribution in [-0.4, -0.2) is 23.1 Å². The average molecular weight is 303 g/mol. The van der Waals surface area contributed by atoms with E-state index in [0.717, 1.165) is 18.2 Å². The highest BCUT2D eigenvalue weighted by molar-refractivity contribution is 5.91. The molecule has 0 radical (unpaired) electrons. The van der Waals surface area contributed by atoms with Crippen molar-refractivity contribution in [1.29, 1.82) is 0 Å². The van der Waals surface area contributed by atoms with Crippen molar-refractivity contribution in [3.63, 3.8) is 0 Å². The lowest BCUT2D eigenvalue weighted by atomic mass is 10.1. The molecule has 0 saturated heterocycles. The number of halogens is 2. The highest BCUT2D eigenvalue weighted by Gasteiger charge is 2.19. The molecule has 7 nitrogen and oxygen atoms in total. The number of rotatable bonds is 4. The molecule has 0 bridgehead atoms. The fraction of sp³-hybridized carbons (Fsp3) is 0.417. The fourth-order valence-electron chi connectivity index (χ4n) is 1.42. The normalized spacial score (nSPS) is 11.1. The third kappa shape index (κ3) is 5.59. The second kappa shape index (κ2) is 6.33. The molecule has 0 spiro atoms. The van der Waals surface area contributed by atoms with Gasteiger partial charge in [0.25, 0.3) is 5.69 Å². The minimum absolute atomic E-state index is 0.216. The molecule has 0 saturated carbocycles. The van der Waals surface area contributed by atoms with Crippen LogP contribution in [0.4, 0.5) is 25.0 Å². The largest absolute Gasteiger partial charge is 0.433 e. The van der Waals surface area contributed by atoms with E-state index in [2.05, 4.69) is 15.4 Å². The Morgan fingerprint density at radius 1 is 1.38 bits per heavy atom. The molecule has 1 aromatic rings. The number of alkyl halides is 2. The van der Waals surface area contributed by atoms with Crippen molar-refractivity contribution in [2.75, 3.05) is 5.32 Å². The predicted molar refractivity (Wildman–Crippen MR) is 71.6 cm³/mol. The van der Waals surface area contributed by atoms with E-state index in [1.54, 1.807) is 20.8 Å². The second-order valence-electron chi connectivity index (χ2n) is 5.15. The van der Waals surface area contributed by atoms with Gasteiger partial charge in [0.15, 0.2) is 0 Å². The van der Waals surface area contributed by atoms with Crippen LogP contribution in [0.3, 0.4) is 0 Å². The van der Waals surface area contributed by atoms with Gasteiger partial charge < -0.3 is 15.4 Å². The van der Waals surface area contributed by atoms with Gasteiger partial charge in [0.05, 0.1) is 10.6 Å². The monoisotopic (exact) mass is 303 g/mol. The summed E-state index contributed by atoms with van der Waals surface area (Å²) in [4.78, 5) is 21.7. The predicted octanol–water partition coefficient (Wildman–Crippen LogP) is 3.12. The standard InChI is InChI=1S/C12H15F2N3O4/c1-12(2,3)16-11(18)15-8-6-7(17(19)20)4-5-9(8)21-10(13)14/h4-6,10H,1-3H3,(H2,15,16,18). The van der Waals surface area contributed by atoms with Gasteiger partial charge in [-0.1, -0.05) is 0 Å². The SMILES string of the molecule is CC(C)(C)NC(=O)Nc1cc([N+](=O)[O-])ccc1OC(F)F. The molecule has 0 aliphatic carbocycles. The number of anilines is 1. The van der Waals surface area contributed by atoms with Crippen LogP contribution < -0.4 is 15.4 Å². The number of nitro benzene ring substituents is 1. The van der Waals surface area contributed by atoms with E-state index < -0.39 is 23.1 Å². The lowest BCUT2D eigenvalue weighted by molar-refractivity contribution is -0.384. The Hall–Kier alpha value is -2.45. The van der Waals surface area contributed by atoms with Crippen LogP contribution >= 0.6 is 0 Å². The number of nitrogens with one attached hydrogen (secondary N) is 2. The van der Waals surface area contributed by atoms with E-state index in [4.69, 9.17) is 0 Å². The molecule has 9 heteroatoms. The number of carbonyl (C=O) groups excluding carboxylic acids is 1. The van der Waals surface area contributed by atoms with Gasteiger partial charge in [-0.3, -0.25) is 10.1 Å². The molecule has 2 amide bonds. The van der Waals surface area contributed by atoms with Gasteiger partial charge in [-0.15, -0.1) is 0 Å². The van der Waals surface area contributed by atoms with Crippen LogP contribution in [-0.2, 0) is 0 Å². The molecule has 1 aromatic carbocycles. The summed E-state index contributed by atoms with van der Waals surface area (Å²) in [6.45, 7) is 2.04. The molecule has 0 aliphatic rings. The molecule has 0 atom stereocenters. The summed E-state index contributed by atoms with van der Waals surface area (Å²) < 4.78 is 28.8. The molecule has 0 heterocycles. The van der Waals surface area contributed by atoms with E-state index in [9.17, 15) is 23.7 Å². The van der Waals surface area contributed by atoms with Crippen molar-refractivity contribution in [3.8, 4) is 5.75 Å². The van der Waals surface area contributed by atoms with Crippen molar-refractivity contribution in [1.82, 2.24) is 5.32 Å². The molecule has 1 rings (SSSR count).